The molecule has 0 saturated carbocycles. The number of methoxy groups -OCH3 is 1. The number of hydrogen-bond donors (Lipinski definition) is 0. The van der Waals surface area contributed by atoms with Gasteiger partial charge in [-0.3, -0.25) is 4.79 Å². The van der Waals surface area contributed by atoms with Crippen LogP contribution in [0.25, 0.3) is 0 Å². The molecule has 1 unspecified atom stereocenters. The summed E-state index contributed by atoms with van der Waals surface area (Å²) >= 11 is 1.42. The zero-order valence-corrected chi connectivity index (χ0v) is 23.4. The number of carbonyl (C=O) groups excluding carboxylic acids is 1. The molecule has 0 amide bonds. The molecular weight excluding hydrogens is 490 g/mol. The van der Waals surface area contributed by atoms with E-state index in [-0.39, 0.29) is 35.9 Å². The first-order valence-corrected chi connectivity index (χ1v) is 15.1. The van der Waals surface area contributed by atoms with Crippen LogP contribution < -0.4 is 10.4 Å². The first-order valence-electron chi connectivity index (χ1n) is 12.2. The summed E-state index contributed by atoms with van der Waals surface area (Å²) < 4.78 is 25.2. The molecule has 2 heterocycles. The Morgan fingerprint density at radius 2 is 1.69 bits per heavy atom. The van der Waals surface area contributed by atoms with Crippen molar-refractivity contribution in [1.29, 1.82) is 0 Å². The van der Waals surface area contributed by atoms with E-state index in [2.05, 4.69) is 74.3 Å². The van der Waals surface area contributed by atoms with Crippen molar-refractivity contribution in [2.45, 2.75) is 57.7 Å². The molecule has 36 heavy (non-hydrogen) atoms. The lowest BCUT2D eigenvalue weighted by atomic mass is 10.2. The summed E-state index contributed by atoms with van der Waals surface area (Å²) in [6.07, 6.45) is 1.30. The molecule has 2 aliphatic heterocycles. The number of ether oxygens (including phenoxy) is 3. The minimum atomic E-state index is -2.76. The number of nitrogens with zero attached hydrogens (tertiary/aromatic N) is 1. The Labute approximate surface area is 219 Å². The van der Waals surface area contributed by atoms with Gasteiger partial charge >= 0.3 is 0 Å². The largest absolute Gasteiger partial charge is 0.470 e. The van der Waals surface area contributed by atoms with Gasteiger partial charge in [-0.2, -0.15) is 0 Å². The summed E-state index contributed by atoms with van der Waals surface area (Å²) in [5.74, 6) is 0.591. The first-order chi connectivity index (χ1) is 17.2. The molecule has 2 aliphatic rings. The van der Waals surface area contributed by atoms with Crippen molar-refractivity contribution >= 4 is 41.5 Å². The number of hydrogen-bond acceptors (Lipinski definition) is 7. The second-order valence-electron chi connectivity index (χ2n) is 10.1. The molecule has 4 rings (SSSR count). The lowest BCUT2D eigenvalue weighted by Crippen LogP contribution is -2.68. The van der Waals surface area contributed by atoms with Gasteiger partial charge in [0.1, 0.15) is 12.7 Å². The molecule has 0 spiro atoms. The van der Waals surface area contributed by atoms with Gasteiger partial charge in [-0.05, 0) is 22.3 Å². The van der Waals surface area contributed by atoms with E-state index < -0.39 is 8.32 Å². The lowest BCUT2D eigenvalue weighted by Gasteiger charge is -2.45. The predicted molar refractivity (Wildman–Crippen MR) is 147 cm³/mol. The summed E-state index contributed by atoms with van der Waals surface area (Å²) in [6, 6.07) is 21.2. The molecule has 192 valence electrons. The van der Waals surface area contributed by atoms with Gasteiger partial charge in [-0.15, -0.1) is 0 Å². The molecule has 0 N–H and O–H groups in total. The molecule has 2 aromatic rings. The number of aliphatic imine (C=N–C) groups is 1. The molecule has 0 bridgehead atoms. The highest BCUT2D eigenvalue weighted by molar-refractivity contribution is 8.13. The van der Waals surface area contributed by atoms with Crippen LogP contribution in [0.4, 0.5) is 0 Å². The van der Waals surface area contributed by atoms with Gasteiger partial charge < -0.3 is 18.6 Å². The van der Waals surface area contributed by atoms with Gasteiger partial charge in [-0.25, -0.2) is 4.99 Å². The maximum Gasteiger partial charge on any atom is 0.261 e. The molecule has 0 aliphatic carbocycles. The van der Waals surface area contributed by atoms with Crippen molar-refractivity contribution < 1.29 is 23.4 Å². The van der Waals surface area contributed by atoms with Crippen LogP contribution in [0.1, 0.15) is 34.1 Å². The topological polar surface area (TPSA) is 66.3 Å². The standard InChI is InChI=1S/C28H35NO5SSi/c1-20(30)21-17-29-27(35-19-21)32-18-25-24(16-26(31-5)33-25)34-36(28(2,3)4,22-12-8-6-9-13-22)23-14-10-7-11-15-23/h6-15,17,24-26H,16,18-19H2,1-5H3/t24-,25+,26?/m0/s1. The predicted octanol–water partition coefficient (Wildman–Crippen LogP) is 4.29. The number of Topliss-reactive ketones (excluding diaryl/α,β-unsaturated/α-hetero) is 1. The van der Waals surface area contributed by atoms with Crippen LogP contribution in [0.5, 0.6) is 0 Å². The maximum atomic E-state index is 11.6. The van der Waals surface area contributed by atoms with Crippen molar-refractivity contribution in [1.82, 2.24) is 0 Å². The highest BCUT2D eigenvalue weighted by Gasteiger charge is 2.53. The van der Waals surface area contributed by atoms with E-state index in [9.17, 15) is 4.79 Å². The number of ketones is 1. The summed E-state index contributed by atoms with van der Waals surface area (Å²) in [6.45, 7) is 8.64. The zero-order chi connectivity index (χ0) is 25.8. The third-order valence-corrected chi connectivity index (χ3v) is 12.7. The molecular formula is C28H35NO5SSi. The molecule has 1 saturated heterocycles. The third-order valence-electron chi connectivity index (χ3n) is 6.67. The molecule has 0 aromatic heterocycles. The van der Waals surface area contributed by atoms with Gasteiger partial charge in [0.25, 0.3) is 13.5 Å². The SMILES string of the molecule is COC1C[C@H](O[Si](c2ccccc2)(c2ccccc2)C(C)(C)C)[C@@H](COC2=NC=C(C(C)=O)CS2)O1. The van der Waals surface area contributed by atoms with Crippen LogP contribution in [-0.2, 0) is 23.4 Å². The van der Waals surface area contributed by atoms with E-state index in [1.54, 1.807) is 20.2 Å². The van der Waals surface area contributed by atoms with E-state index in [1.165, 1.54) is 22.1 Å². The zero-order valence-electron chi connectivity index (χ0n) is 21.6. The number of carbonyl (C=O) groups is 1. The average Bonchev–Trinajstić information content (AvgIpc) is 3.28. The monoisotopic (exact) mass is 525 g/mol. The second-order valence-corrected chi connectivity index (χ2v) is 15.3. The van der Waals surface area contributed by atoms with E-state index in [1.807, 2.05) is 12.1 Å². The molecule has 8 heteroatoms. The van der Waals surface area contributed by atoms with Gasteiger partial charge in [0, 0.05) is 31.1 Å². The molecule has 6 nitrogen and oxygen atoms in total. The molecule has 1 fully saturated rings. The van der Waals surface area contributed by atoms with Gasteiger partial charge in [-0.1, -0.05) is 93.2 Å². The minimum Gasteiger partial charge on any atom is -0.470 e. The Hall–Kier alpha value is -2.23. The Balaban J connectivity index is 1.64. The van der Waals surface area contributed by atoms with Gasteiger partial charge in [0.2, 0.25) is 0 Å². The second kappa shape index (κ2) is 11.4. The third kappa shape index (κ3) is 5.68. The van der Waals surface area contributed by atoms with Crippen molar-refractivity contribution in [3.05, 3.63) is 72.4 Å². The summed E-state index contributed by atoms with van der Waals surface area (Å²) in [5.41, 5.74) is 0.691. The van der Waals surface area contributed by atoms with Crippen molar-refractivity contribution in [2.75, 3.05) is 19.5 Å². The van der Waals surface area contributed by atoms with E-state index in [4.69, 9.17) is 18.6 Å². The van der Waals surface area contributed by atoms with Crippen molar-refractivity contribution in [3.8, 4) is 0 Å². The van der Waals surface area contributed by atoms with Crippen LogP contribution in [0.2, 0.25) is 5.04 Å². The molecule has 3 atom stereocenters. The van der Waals surface area contributed by atoms with E-state index >= 15 is 0 Å². The Kier molecular flexibility index (Phi) is 8.52. The molecule has 2 aromatic carbocycles. The average molecular weight is 526 g/mol. The van der Waals surface area contributed by atoms with Crippen LogP contribution in [0, 0.1) is 0 Å². The quantitative estimate of drug-likeness (QED) is 0.479. The van der Waals surface area contributed by atoms with Crippen LogP contribution in [-0.4, -0.2) is 57.3 Å². The summed E-state index contributed by atoms with van der Waals surface area (Å²) in [5, 5.41) is 2.83. The fourth-order valence-electron chi connectivity index (χ4n) is 4.79. The minimum absolute atomic E-state index is 0.0335. The number of thioether (sulfide) groups is 1. The molecule has 0 radical (unpaired) electrons. The van der Waals surface area contributed by atoms with Gasteiger partial charge in [0.15, 0.2) is 12.1 Å². The van der Waals surface area contributed by atoms with E-state index in [0.29, 0.717) is 23.0 Å². The Bertz CT molecular complexity index is 1060. The first kappa shape index (κ1) is 26.8. The fraction of sp³-hybridized carbons (Fsp3) is 0.429. The number of rotatable bonds is 8. The fourth-order valence-corrected chi connectivity index (χ4v) is 10.3. The van der Waals surface area contributed by atoms with Crippen molar-refractivity contribution in [3.63, 3.8) is 0 Å². The summed E-state index contributed by atoms with van der Waals surface area (Å²) in [7, 11) is -1.11. The van der Waals surface area contributed by atoms with E-state index in [0.717, 1.165) is 0 Å². The van der Waals surface area contributed by atoms with Gasteiger partial charge in [0.05, 0.1) is 6.10 Å². The maximum absolute atomic E-state index is 11.6. The normalized spacial score (nSPS) is 22.6. The van der Waals surface area contributed by atoms with Crippen LogP contribution in [0.3, 0.4) is 0 Å². The Morgan fingerprint density at radius 1 is 1.08 bits per heavy atom. The smallest absolute Gasteiger partial charge is 0.261 e. The summed E-state index contributed by atoms with van der Waals surface area (Å²) in [4.78, 5) is 15.9. The number of benzene rings is 2. The van der Waals surface area contributed by atoms with Crippen LogP contribution in [0.15, 0.2) is 77.4 Å². The Morgan fingerprint density at radius 3 is 2.17 bits per heavy atom. The van der Waals surface area contributed by atoms with Crippen molar-refractivity contribution in [2.24, 2.45) is 4.99 Å². The lowest BCUT2D eigenvalue weighted by molar-refractivity contribution is -0.125. The highest BCUT2D eigenvalue weighted by atomic mass is 32.2. The van der Waals surface area contributed by atoms with Crippen LogP contribution >= 0.6 is 11.8 Å². The highest BCUT2D eigenvalue weighted by Crippen LogP contribution is 2.40.